The number of benzene rings is 1. The molecule has 0 saturated heterocycles. The van der Waals surface area contributed by atoms with Crippen molar-refractivity contribution in [2.24, 2.45) is 0 Å². The summed E-state index contributed by atoms with van der Waals surface area (Å²) in [5.74, 6) is 0.737. The summed E-state index contributed by atoms with van der Waals surface area (Å²) in [4.78, 5) is 11.5. The van der Waals surface area contributed by atoms with Crippen molar-refractivity contribution in [1.29, 1.82) is 0 Å². The minimum Gasteiger partial charge on any atom is -0.494 e. The maximum atomic E-state index is 11.5. The van der Waals surface area contributed by atoms with Crippen LogP contribution in [0.3, 0.4) is 0 Å². The molecule has 1 rings (SSSR count). The van der Waals surface area contributed by atoms with E-state index in [2.05, 4.69) is 12.2 Å². The Bertz CT molecular complexity index is 366. The summed E-state index contributed by atoms with van der Waals surface area (Å²) >= 11 is 0. The van der Waals surface area contributed by atoms with Crippen LogP contribution in [0.4, 0.5) is 10.5 Å². The average Bonchev–Trinajstić information content (AvgIpc) is 2.35. The first-order valence-electron chi connectivity index (χ1n) is 6.43. The smallest absolute Gasteiger partial charge is 0.411 e. The van der Waals surface area contributed by atoms with Crippen molar-refractivity contribution in [2.75, 3.05) is 18.5 Å². The van der Waals surface area contributed by atoms with E-state index in [0.717, 1.165) is 25.0 Å². The highest BCUT2D eigenvalue weighted by atomic mass is 16.5. The maximum Gasteiger partial charge on any atom is 0.411 e. The number of unbranched alkanes of at least 4 members (excludes halogenated alkanes) is 2. The standard InChI is InChI=1S/C14H21NO3/c1-3-5-6-10-18-14(16)15-12-8-7-9-13(11-12)17-4-2/h7-9,11H,3-6,10H2,1-2H3,(H,15,16). The fraction of sp³-hybridized carbons (Fsp3) is 0.500. The molecule has 1 aromatic carbocycles. The third kappa shape index (κ3) is 5.57. The van der Waals surface area contributed by atoms with Crippen molar-refractivity contribution in [1.82, 2.24) is 0 Å². The van der Waals surface area contributed by atoms with Crippen molar-refractivity contribution < 1.29 is 14.3 Å². The zero-order valence-corrected chi connectivity index (χ0v) is 11.1. The molecule has 1 amide bonds. The summed E-state index contributed by atoms with van der Waals surface area (Å²) in [5, 5.41) is 2.68. The molecule has 1 aromatic rings. The highest BCUT2D eigenvalue weighted by Gasteiger charge is 2.03. The monoisotopic (exact) mass is 251 g/mol. The fourth-order valence-corrected chi connectivity index (χ4v) is 1.50. The van der Waals surface area contributed by atoms with Crippen LogP contribution in [-0.2, 0) is 4.74 Å². The van der Waals surface area contributed by atoms with Crippen LogP contribution >= 0.6 is 0 Å². The Morgan fingerprint density at radius 1 is 1.28 bits per heavy atom. The third-order valence-electron chi connectivity index (χ3n) is 2.37. The average molecular weight is 251 g/mol. The van der Waals surface area contributed by atoms with E-state index in [1.54, 1.807) is 12.1 Å². The highest BCUT2D eigenvalue weighted by Crippen LogP contribution is 2.17. The van der Waals surface area contributed by atoms with Gasteiger partial charge in [0.1, 0.15) is 5.75 Å². The van der Waals surface area contributed by atoms with Gasteiger partial charge in [0.2, 0.25) is 0 Å². The minimum absolute atomic E-state index is 0.417. The first-order valence-corrected chi connectivity index (χ1v) is 6.43. The lowest BCUT2D eigenvalue weighted by molar-refractivity contribution is 0.159. The molecule has 0 spiro atoms. The molecule has 0 fully saturated rings. The Morgan fingerprint density at radius 3 is 2.83 bits per heavy atom. The Morgan fingerprint density at radius 2 is 2.11 bits per heavy atom. The van der Waals surface area contributed by atoms with Gasteiger partial charge in [0.15, 0.2) is 0 Å². The molecular formula is C14H21NO3. The minimum atomic E-state index is -0.417. The van der Waals surface area contributed by atoms with Gasteiger partial charge in [0.05, 0.1) is 13.2 Å². The van der Waals surface area contributed by atoms with Crippen molar-refractivity contribution in [2.45, 2.75) is 33.1 Å². The van der Waals surface area contributed by atoms with Gasteiger partial charge < -0.3 is 9.47 Å². The Kier molecular flexibility index (Phi) is 6.69. The highest BCUT2D eigenvalue weighted by molar-refractivity contribution is 5.84. The summed E-state index contributed by atoms with van der Waals surface area (Å²) in [6.07, 6.45) is 2.68. The van der Waals surface area contributed by atoms with Crippen LogP contribution in [0.1, 0.15) is 33.1 Å². The third-order valence-corrected chi connectivity index (χ3v) is 2.37. The molecule has 0 saturated carbocycles. The predicted molar refractivity (Wildman–Crippen MR) is 72.1 cm³/mol. The molecule has 0 aliphatic carbocycles. The van der Waals surface area contributed by atoms with Gasteiger partial charge >= 0.3 is 6.09 Å². The van der Waals surface area contributed by atoms with Crippen LogP contribution < -0.4 is 10.1 Å². The molecule has 0 heterocycles. The van der Waals surface area contributed by atoms with Crippen molar-refractivity contribution in [3.63, 3.8) is 0 Å². The summed E-state index contributed by atoms with van der Waals surface area (Å²) in [6, 6.07) is 7.26. The number of hydrogen-bond acceptors (Lipinski definition) is 3. The van der Waals surface area contributed by atoms with Gasteiger partial charge in [-0.1, -0.05) is 25.8 Å². The molecule has 1 N–H and O–H groups in total. The van der Waals surface area contributed by atoms with E-state index in [1.165, 1.54) is 0 Å². The number of ether oxygens (including phenoxy) is 2. The second-order valence-corrected chi connectivity index (χ2v) is 3.93. The molecule has 0 aliphatic heterocycles. The molecule has 18 heavy (non-hydrogen) atoms. The molecule has 100 valence electrons. The van der Waals surface area contributed by atoms with Crippen LogP contribution in [0.2, 0.25) is 0 Å². The van der Waals surface area contributed by atoms with Gasteiger partial charge in [-0.15, -0.1) is 0 Å². The maximum absolute atomic E-state index is 11.5. The summed E-state index contributed by atoms with van der Waals surface area (Å²) < 4.78 is 10.4. The molecule has 0 aromatic heterocycles. The molecule has 0 unspecified atom stereocenters. The van der Waals surface area contributed by atoms with E-state index in [4.69, 9.17) is 9.47 Å². The van der Waals surface area contributed by atoms with Crippen LogP contribution in [0.15, 0.2) is 24.3 Å². The number of rotatable bonds is 7. The summed E-state index contributed by atoms with van der Waals surface area (Å²) in [7, 11) is 0. The van der Waals surface area contributed by atoms with Gasteiger partial charge in [-0.05, 0) is 25.5 Å². The lowest BCUT2D eigenvalue weighted by Crippen LogP contribution is -2.14. The molecule has 0 radical (unpaired) electrons. The van der Waals surface area contributed by atoms with Crippen LogP contribution in [0, 0.1) is 0 Å². The SMILES string of the molecule is CCCCCOC(=O)Nc1cccc(OCC)c1. The summed E-state index contributed by atoms with van der Waals surface area (Å²) in [6.45, 7) is 5.09. The summed E-state index contributed by atoms with van der Waals surface area (Å²) in [5.41, 5.74) is 0.682. The van der Waals surface area contributed by atoms with E-state index in [0.29, 0.717) is 18.9 Å². The van der Waals surface area contributed by atoms with Gasteiger partial charge in [0.25, 0.3) is 0 Å². The normalized spacial score (nSPS) is 9.89. The van der Waals surface area contributed by atoms with Crippen LogP contribution in [0.25, 0.3) is 0 Å². The van der Waals surface area contributed by atoms with Gasteiger partial charge in [-0.3, -0.25) is 5.32 Å². The van der Waals surface area contributed by atoms with Crippen molar-refractivity contribution in [3.8, 4) is 5.75 Å². The molecule has 0 atom stereocenters. The molecule has 0 aliphatic rings. The lowest BCUT2D eigenvalue weighted by Gasteiger charge is -2.08. The molecule has 4 nitrogen and oxygen atoms in total. The Balaban J connectivity index is 2.36. The quantitative estimate of drug-likeness (QED) is 0.749. The number of amides is 1. The van der Waals surface area contributed by atoms with Crippen LogP contribution in [-0.4, -0.2) is 19.3 Å². The van der Waals surface area contributed by atoms with E-state index in [1.807, 2.05) is 19.1 Å². The Hall–Kier alpha value is -1.71. The van der Waals surface area contributed by atoms with Gasteiger partial charge in [-0.2, -0.15) is 0 Å². The number of anilines is 1. The lowest BCUT2D eigenvalue weighted by atomic mass is 10.3. The van der Waals surface area contributed by atoms with E-state index in [-0.39, 0.29) is 0 Å². The second kappa shape index (κ2) is 8.39. The first kappa shape index (κ1) is 14.4. The van der Waals surface area contributed by atoms with E-state index in [9.17, 15) is 4.79 Å². The molecule has 4 heteroatoms. The fourth-order valence-electron chi connectivity index (χ4n) is 1.50. The number of hydrogen-bond donors (Lipinski definition) is 1. The number of carbonyl (C=O) groups is 1. The largest absolute Gasteiger partial charge is 0.494 e. The number of carbonyl (C=O) groups excluding carboxylic acids is 1. The zero-order valence-electron chi connectivity index (χ0n) is 11.1. The van der Waals surface area contributed by atoms with E-state index >= 15 is 0 Å². The van der Waals surface area contributed by atoms with Crippen LogP contribution in [0.5, 0.6) is 5.75 Å². The molecular weight excluding hydrogens is 230 g/mol. The van der Waals surface area contributed by atoms with Gasteiger partial charge in [-0.25, -0.2) is 4.79 Å². The zero-order chi connectivity index (χ0) is 13.2. The molecule has 0 bridgehead atoms. The first-order chi connectivity index (χ1) is 8.76. The Labute approximate surface area is 108 Å². The van der Waals surface area contributed by atoms with E-state index < -0.39 is 6.09 Å². The van der Waals surface area contributed by atoms with Crippen molar-refractivity contribution >= 4 is 11.8 Å². The topological polar surface area (TPSA) is 47.6 Å². The second-order valence-electron chi connectivity index (χ2n) is 3.93. The number of nitrogens with one attached hydrogen (secondary N) is 1. The van der Waals surface area contributed by atoms with Crippen molar-refractivity contribution in [3.05, 3.63) is 24.3 Å². The predicted octanol–water partition coefficient (Wildman–Crippen LogP) is 3.82. The van der Waals surface area contributed by atoms with Gasteiger partial charge in [0, 0.05) is 11.8 Å².